The van der Waals surface area contributed by atoms with E-state index in [1.807, 2.05) is 13.8 Å². The predicted molar refractivity (Wildman–Crippen MR) is 52.8 cm³/mol. The highest BCUT2D eigenvalue weighted by molar-refractivity contribution is 4.86. The van der Waals surface area contributed by atoms with Gasteiger partial charge in [-0.05, 0) is 19.8 Å². The van der Waals surface area contributed by atoms with Gasteiger partial charge in [-0.3, -0.25) is 0 Å². The van der Waals surface area contributed by atoms with Crippen molar-refractivity contribution in [2.75, 3.05) is 0 Å². The van der Waals surface area contributed by atoms with Gasteiger partial charge in [0, 0.05) is 6.42 Å². The van der Waals surface area contributed by atoms with Crippen LogP contribution in [0.3, 0.4) is 0 Å². The normalized spacial score (nSPS) is 42.4. The molecule has 0 aliphatic carbocycles. The number of ether oxygens (including phenoxy) is 3. The second-order valence-electron chi connectivity index (χ2n) is 4.84. The quantitative estimate of drug-likeness (QED) is 0.684. The first-order chi connectivity index (χ1) is 6.52. The lowest BCUT2D eigenvalue weighted by Crippen LogP contribution is -2.26. The number of hydrogen-bond acceptors (Lipinski definition) is 3. The van der Waals surface area contributed by atoms with E-state index >= 15 is 0 Å². The average Bonchev–Trinajstić information content (AvgIpc) is 2.56. The highest BCUT2D eigenvalue weighted by Gasteiger charge is 2.49. The summed E-state index contributed by atoms with van der Waals surface area (Å²) in [4.78, 5) is 0. The van der Waals surface area contributed by atoms with Gasteiger partial charge in [0.25, 0.3) is 0 Å². The van der Waals surface area contributed by atoms with Crippen LogP contribution in [0.2, 0.25) is 0 Å². The van der Waals surface area contributed by atoms with Gasteiger partial charge >= 0.3 is 0 Å². The minimum absolute atomic E-state index is 0.135. The third-order valence-electron chi connectivity index (χ3n) is 3.19. The van der Waals surface area contributed by atoms with E-state index in [-0.39, 0.29) is 12.4 Å². The molecule has 0 aromatic heterocycles. The summed E-state index contributed by atoms with van der Waals surface area (Å²) in [5.41, 5.74) is 0. The monoisotopic (exact) mass is 200 g/mol. The van der Waals surface area contributed by atoms with Crippen LogP contribution in [0, 0.1) is 5.92 Å². The highest BCUT2D eigenvalue weighted by atomic mass is 16.8. The predicted octanol–water partition coefficient (Wildman–Crippen LogP) is 2.30. The van der Waals surface area contributed by atoms with Gasteiger partial charge in [0.2, 0.25) is 0 Å². The summed E-state index contributed by atoms with van der Waals surface area (Å²) in [6.45, 7) is 8.28. The van der Waals surface area contributed by atoms with Gasteiger partial charge in [0.1, 0.15) is 6.10 Å². The van der Waals surface area contributed by atoms with E-state index < -0.39 is 5.79 Å². The van der Waals surface area contributed by atoms with Gasteiger partial charge in [0.15, 0.2) is 12.1 Å². The maximum absolute atomic E-state index is 5.83. The Bertz CT molecular complexity index is 199. The Kier molecular flexibility index (Phi) is 2.58. The van der Waals surface area contributed by atoms with E-state index in [2.05, 4.69) is 13.8 Å². The maximum atomic E-state index is 5.83. The summed E-state index contributed by atoms with van der Waals surface area (Å²) in [7, 11) is 0. The molecule has 0 radical (unpaired) electrons. The van der Waals surface area contributed by atoms with Crippen LogP contribution in [-0.4, -0.2) is 24.3 Å². The molecule has 3 nitrogen and oxygen atoms in total. The number of rotatable bonds is 2. The first-order valence-electron chi connectivity index (χ1n) is 5.53. The van der Waals surface area contributed by atoms with Crippen molar-refractivity contribution >= 4 is 0 Å². The average molecular weight is 200 g/mol. The van der Waals surface area contributed by atoms with Crippen molar-refractivity contribution in [2.45, 2.75) is 64.8 Å². The number of hydrogen-bond donors (Lipinski definition) is 0. The minimum Gasteiger partial charge on any atom is -0.346 e. The molecule has 0 bridgehead atoms. The maximum Gasteiger partial charge on any atom is 0.187 e. The van der Waals surface area contributed by atoms with Crippen LogP contribution in [0.25, 0.3) is 0 Å². The molecule has 0 spiro atoms. The Balaban J connectivity index is 1.93. The topological polar surface area (TPSA) is 27.7 Å². The second-order valence-corrected chi connectivity index (χ2v) is 4.84. The molecule has 2 saturated heterocycles. The first-order valence-corrected chi connectivity index (χ1v) is 5.53. The zero-order valence-electron chi connectivity index (χ0n) is 9.45. The van der Waals surface area contributed by atoms with Gasteiger partial charge in [-0.2, -0.15) is 0 Å². The Morgan fingerprint density at radius 2 is 2.07 bits per heavy atom. The van der Waals surface area contributed by atoms with Crippen LogP contribution in [0.1, 0.15) is 40.5 Å². The molecular formula is C11H20O3. The van der Waals surface area contributed by atoms with Crippen LogP contribution >= 0.6 is 0 Å². The standard InChI is InChI=1S/C11H20O3/c1-5-7(2)8-6-9-10(12-8)14-11(3,4)13-9/h7-10H,5-6H2,1-4H3/t7-,8-,9+,10+/m0/s1. The molecule has 14 heavy (non-hydrogen) atoms. The van der Waals surface area contributed by atoms with Gasteiger partial charge in [0.05, 0.1) is 6.10 Å². The molecule has 0 aromatic rings. The summed E-state index contributed by atoms with van der Waals surface area (Å²) in [6, 6.07) is 0. The fraction of sp³-hybridized carbons (Fsp3) is 1.00. The van der Waals surface area contributed by atoms with Crippen LogP contribution < -0.4 is 0 Å². The molecule has 0 unspecified atom stereocenters. The van der Waals surface area contributed by atoms with Crippen molar-refractivity contribution in [3.8, 4) is 0 Å². The van der Waals surface area contributed by atoms with Crippen molar-refractivity contribution in [2.24, 2.45) is 5.92 Å². The molecule has 2 aliphatic rings. The van der Waals surface area contributed by atoms with Gasteiger partial charge in [-0.25, -0.2) is 0 Å². The molecule has 0 N–H and O–H groups in total. The lowest BCUT2D eigenvalue weighted by molar-refractivity contribution is -0.209. The van der Waals surface area contributed by atoms with E-state index in [1.54, 1.807) is 0 Å². The molecule has 2 aliphatic heterocycles. The lowest BCUT2D eigenvalue weighted by Gasteiger charge is -2.23. The van der Waals surface area contributed by atoms with E-state index in [1.165, 1.54) is 0 Å². The number of fused-ring (bicyclic) bond motifs is 1. The molecule has 0 saturated carbocycles. The van der Waals surface area contributed by atoms with Gasteiger partial charge in [-0.15, -0.1) is 0 Å². The molecular weight excluding hydrogens is 180 g/mol. The Morgan fingerprint density at radius 1 is 1.36 bits per heavy atom. The van der Waals surface area contributed by atoms with E-state index in [0.29, 0.717) is 12.0 Å². The van der Waals surface area contributed by atoms with Crippen molar-refractivity contribution in [1.29, 1.82) is 0 Å². The summed E-state index contributed by atoms with van der Waals surface area (Å²) in [6.07, 6.45) is 2.44. The second kappa shape index (κ2) is 3.47. The van der Waals surface area contributed by atoms with Crippen molar-refractivity contribution < 1.29 is 14.2 Å². The van der Waals surface area contributed by atoms with Crippen LogP contribution in [0.15, 0.2) is 0 Å². The Labute approximate surface area is 85.7 Å². The van der Waals surface area contributed by atoms with Crippen molar-refractivity contribution in [1.82, 2.24) is 0 Å². The largest absolute Gasteiger partial charge is 0.346 e. The molecule has 82 valence electrons. The first kappa shape index (κ1) is 10.4. The molecule has 4 atom stereocenters. The third kappa shape index (κ3) is 1.81. The van der Waals surface area contributed by atoms with E-state index in [4.69, 9.17) is 14.2 Å². The van der Waals surface area contributed by atoms with Gasteiger partial charge < -0.3 is 14.2 Å². The highest BCUT2D eigenvalue weighted by Crippen LogP contribution is 2.39. The lowest BCUT2D eigenvalue weighted by atomic mass is 9.99. The fourth-order valence-electron chi connectivity index (χ4n) is 2.16. The third-order valence-corrected chi connectivity index (χ3v) is 3.19. The van der Waals surface area contributed by atoms with Crippen LogP contribution in [-0.2, 0) is 14.2 Å². The van der Waals surface area contributed by atoms with Crippen LogP contribution in [0.4, 0.5) is 0 Å². The Hall–Kier alpha value is -0.120. The Morgan fingerprint density at radius 3 is 2.64 bits per heavy atom. The molecule has 3 heteroatoms. The summed E-state index contributed by atoms with van der Waals surface area (Å²) < 4.78 is 17.2. The zero-order valence-corrected chi connectivity index (χ0v) is 9.45. The zero-order chi connectivity index (χ0) is 10.3. The van der Waals surface area contributed by atoms with Crippen molar-refractivity contribution in [3.63, 3.8) is 0 Å². The fourth-order valence-corrected chi connectivity index (χ4v) is 2.16. The summed E-state index contributed by atoms with van der Waals surface area (Å²) >= 11 is 0. The van der Waals surface area contributed by atoms with E-state index in [0.717, 1.165) is 12.8 Å². The molecule has 2 heterocycles. The molecule has 2 rings (SSSR count). The molecule has 0 amide bonds. The molecule has 0 aromatic carbocycles. The SMILES string of the molecule is CC[C@H](C)[C@@H]1C[C@H]2OC(C)(C)O[C@H]2O1. The van der Waals surface area contributed by atoms with Crippen LogP contribution in [0.5, 0.6) is 0 Å². The summed E-state index contributed by atoms with van der Waals surface area (Å²) in [5.74, 6) is 0.131. The smallest absolute Gasteiger partial charge is 0.187 e. The van der Waals surface area contributed by atoms with E-state index in [9.17, 15) is 0 Å². The minimum atomic E-state index is -0.463. The summed E-state index contributed by atoms with van der Waals surface area (Å²) in [5, 5.41) is 0. The van der Waals surface area contributed by atoms with Crippen molar-refractivity contribution in [3.05, 3.63) is 0 Å². The van der Waals surface area contributed by atoms with Gasteiger partial charge in [-0.1, -0.05) is 20.3 Å². The molecule has 2 fully saturated rings.